The number of rotatable bonds is 2. The van der Waals surface area contributed by atoms with E-state index in [1.165, 1.54) is 38.5 Å². The third-order valence-electron chi connectivity index (χ3n) is 8.31. The first kappa shape index (κ1) is 17.6. The van der Waals surface area contributed by atoms with Gasteiger partial charge in [0.2, 0.25) is 0 Å². The lowest BCUT2D eigenvalue weighted by Gasteiger charge is -2.57. The average molecular weight is 346 g/mol. The standard InChI is InChI=1S/C22H35NO2/c1-14(2)25-23-16-9-11-21(3)15(13-16)5-6-17-18-7-8-20(24)22(18,4)12-10-19(17)21/h13-14,17-20,24H,5-12H2,1-4H3/b23-16+/t17-,18-,19-,20-,21-,22-/m0/s1. The molecule has 3 saturated carbocycles. The van der Waals surface area contributed by atoms with E-state index in [2.05, 4.69) is 25.1 Å². The molecule has 0 aromatic rings. The molecule has 4 rings (SSSR count). The molecule has 0 unspecified atom stereocenters. The predicted octanol–water partition coefficient (Wildman–Crippen LogP) is 5.09. The van der Waals surface area contributed by atoms with Crippen LogP contribution in [0.3, 0.4) is 0 Å². The van der Waals surface area contributed by atoms with E-state index < -0.39 is 0 Å². The van der Waals surface area contributed by atoms with Crippen molar-refractivity contribution in [3.63, 3.8) is 0 Å². The van der Waals surface area contributed by atoms with E-state index in [1.807, 2.05) is 13.8 Å². The van der Waals surface area contributed by atoms with Gasteiger partial charge in [0.05, 0.1) is 11.8 Å². The zero-order chi connectivity index (χ0) is 17.8. The van der Waals surface area contributed by atoms with E-state index in [9.17, 15) is 5.11 Å². The molecule has 3 heteroatoms. The van der Waals surface area contributed by atoms with Crippen LogP contribution in [0, 0.1) is 28.6 Å². The molecule has 6 atom stereocenters. The summed E-state index contributed by atoms with van der Waals surface area (Å²) in [5.74, 6) is 2.34. The minimum atomic E-state index is -0.0681. The summed E-state index contributed by atoms with van der Waals surface area (Å²) in [7, 11) is 0. The maximum Gasteiger partial charge on any atom is 0.122 e. The van der Waals surface area contributed by atoms with Crippen molar-refractivity contribution in [2.75, 3.05) is 0 Å². The number of hydrogen-bond acceptors (Lipinski definition) is 3. The summed E-state index contributed by atoms with van der Waals surface area (Å²) in [5.41, 5.74) is 3.28. The maximum absolute atomic E-state index is 10.6. The van der Waals surface area contributed by atoms with Crippen LogP contribution in [0.5, 0.6) is 0 Å². The average Bonchev–Trinajstić information content (AvgIpc) is 2.88. The molecular formula is C22H35NO2. The highest BCUT2D eigenvalue weighted by Gasteiger charge is 2.58. The van der Waals surface area contributed by atoms with Crippen molar-refractivity contribution < 1.29 is 9.94 Å². The van der Waals surface area contributed by atoms with Gasteiger partial charge >= 0.3 is 0 Å². The Labute approximate surface area is 152 Å². The van der Waals surface area contributed by atoms with Crippen molar-refractivity contribution >= 4 is 5.71 Å². The SMILES string of the molecule is CC(C)O/N=C1/C=C2CC[C@H]3[C@@H]4CC[C@H](O)[C@@]4(C)CC[C@@H]3[C@@]2(C)CC1. The van der Waals surface area contributed by atoms with Crippen LogP contribution in [-0.4, -0.2) is 23.0 Å². The largest absolute Gasteiger partial charge is 0.393 e. The summed E-state index contributed by atoms with van der Waals surface area (Å²) in [6.07, 6.45) is 12.0. The van der Waals surface area contributed by atoms with E-state index in [1.54, 1.807) is 5.57 Å². The molecule has 0 aliphatic heterocycles. The predicted molar refractivity (Wildman–Crippen MR) is 101 cm³/mol. The van der Waals surface area contributed by atoms with E-state index in [0.717, 1.165) is 36.3 Å². The first-order chi connectivity index (χ1) is 11.8. The lowest BCUT2D eigenvalue weighted by Crippen LogP contribution is -2.51. The highest BCUT2D eigenvalue weighted by atomic mass is 16.6. The fourth-order valence-corrected chi connectivity index (χ4v) is 6.79. The highest BCUT2D eigenvalue weighted by Crippen LogP contribution is 2.65. The Hall–Kier alpha value is -0.830. The van der Waals surface area contributed by atoms with Crippen molar-refractivity contribution in [2.24, 2.45) is 33.7 Å². The van der Waals surface area contributed by atoms with Crippen molar-refractivity contribution in [3.05, 3.63) is 11.6 Å². The smallest absolute Gasteiger partial charge is 0.122 e. The minimum absolute atomic E-state index is 0.0681. The molecule has 0 spiro atoms. The molecule has 0 radical (unpaired) electrons. The van der Waals surface area contributed by atoms with E-state index in [4.69, 9.17) is 4.84 Å². The van der Waals surface area contributed by atoms with Crippen molar-refractivity contribution in [3.8, 4) is 0 Å². The van der Waals surface area contributed by atoms with Crippen LogP contribution in [0.4, 0.5) is 0 Å². The number of aliphatic hydroxyl groups excluding tert-OH is 1. The molecule has 0 bridgehead atoms. The molecule has 4 aliphatic carbocycles. The Morgan fingerprint density at radius 3 is 2.64 bits per heavy atom. The fraction of sp³-hybridized carbons (Fsp3) is 0.864. The Balaban J connectivity index is 1.59. The monoisotopic (exact) mass is 345 g/mol. The molecule has 0 aromatic heterocycles. The summed E-state index contributed by atoms with van der Waals surface area (Å²) in [4.78, 5) is 5.50. The second kappa shape index (κ2) is 6.11. The van der Waals surface area contributed by atoms with Gasteiger partial charge in [0.25, 0.3) is 0 Å². The normalized spacial score (nSPS) is 47.9. The number of aliphatic hydroxyl groups is 1. The van der Waals surface area contributed by atoms with Crippen LogP contribution in [-0.2, 0) is 4.84 Å². The van der Waals surface area contributed by atoms with Crippen LogP contribution in [0.2, 0.25) is 0 Å². The number of oxime groups is 1. The lowest BCUT2D eigenvalue weighted by atomic mass is 9.47. The number of fused-ring (bicyclic) bond motifs is 5. The van der Waals surface area contributed by atoms with E-state index in [0.29, 0.717) is 5.41 Å². The van der Waals surface area contributed by atoms with Crippen LogP contribution in [0.1, 0.15) is 79.1 Å². The van der Waals surface area contributed by atoms with E-state index in [-0.39, 0.29) is 17.6 Å². The van der Waals surface area contributed by atoms with Crippen molar-refractivity contribution in [1.29, 1.82) is 0 Å². The van der Waals surface area contributed by atoms with Gasteiger partial charge in [-0.15, -0.1) is 0 Å². The summed E-state index contributed by atoms with van der Waals surface area (Å²) in [5, 5.41) is 15.0. The Kier molecular flexibility index (Phi) is 4.30. The van der Waals surface area contributed by atoms with Gasteiger partial charge in [-0.2, -0.15) is 0 Å². The summed E-state index contributed by atoms with van der Waals surface area (Å²) >= 11 is 0. The van der Waals surface area contributed by atoms with Crippen molar-refractivity contribution in [1.82, 2.24) is 0 Å². The molecule has 3 nitrogen and oxygen atoms in total. The van der Waals surface area contributed by atoms with Gasteiger partial charge < -0.3 is 9.94 Å². The topological polar surface area (TPSA) is 41.8 Å². The summed E-state index contributed by atoms with van der Waals surface area (Å²) in [6.45, 7) is 8.95. The first-order valence-corrected chi connectivity index (χ1v) is 10.5. The molecule has 0 heterocycles. The first-order valence-electron chi connectivity index (χ1n) is 10.5. The van der Waals surface area contributed by atoms with Crippen molar-refractivity contribution in [2.45, 2.75) is 91.3 Å². The second-order valence-electron chi connectivity index (χ2n) is 9.88. The Bertz CT molecular complexity index is 595. The van der Waals surface area contributed by atoms with Gasteiger partial charge in [0, 0.05) is 0 Å². The molecular weight excluding hydrogens is 310 g/mol. The van der Waals surface area contributed by atoms with Gasteiger partial charge in [0.15, 0.2) is 0 Å². The van der Waals surface area contributed by atoms with Crippen LogP contribution < -0.4 is 0 Å². The minimum Gasteiger partial charge on any atom is -0.393 e. The number of allylic oxidation sites excluding steroid dienone is 2. The highest BCUT2D eigenvalue weighted by molar-refractivity contribution is 5.96. The molecule has 4 aliphatic rings. The van der Waals surface area contributed by atoms with E-state index >= 15 is 0 Å². The zero-order valence-corrected chi connectivity index (χ0v) is 16.4. The summed E-state index contributed by atoms with van der Waals surface area (Å²) in [6, 6.07) is 0. The van der Waals surface area contributed by atoms with Gasteiger partial charge in [-0.3, -0.25) is 0 Å². The lowest BCUT2D eigenvalue weighted by molar-refractivity contribution is -0.0722. The summed E-state index contributed by atoms with van der Waals surface area (Å²) < 4.78 is 0. The number of nitrogens with zero attached hydrogens (tertiary/aromatic N) is 1. The van der Waals surface area contributed by atoms with Crippen LogP contribution in [0.25, 0.3) is 0 Å². The number of hydrogen-bond donors (Lipinski definition) is 1. The van der Waals surface area contributed by atoms with Gasteiger partial charge in [-0.25, -0.2) is 0 Å². The Morgan fingerprint density at radius 1 is 1.08 bits per heavy atom. The Morgan fingerprint density at radius 2 is 1.88 bits per heavy atom. The van der Waals surface area contributed by atoms with Gasteiger partial charge in [0.1, 0.15) is 6.10 Å². The molecule has 0 amide bonds. The molecule has 140 valence electrons. The molecule has 0 aromatic carbocycles. The molecule has 3 fully saturated rings. The van der Waals surface area contributed by atoms with Gasteiger partial charge in [-0.1, -0.05) is 24.6 Å². The maximum atomic E-state index is 10.6. The van der Waals surface area contributed by atoms with Crippen LogP contribution in [0.15, 0.2) is 16.8 Å². The van der Waals surface area contributed by atoms with Gasteiger partial charge in [-0.05, 0) is 99.9 Å². The molecule has 1 N–H and O–H groups in total. The third kappa shape index (κ3) is 2.69. The van der Waals surface area contributed by atoms with Crippen LogP contribution >= 0.6 is 0 Å². The third-order valence-corrected chi connectivity index (χ3v) is 8.31. The molecule has 25 heavy (non-hydrogen) atoms. The molecule has 0 saturated heterocycles. The quantitative estimate of drug-likeness (QED) is 0.708. The fourth-order valence-electron chi connectivity index (χ4n) is 6.79. The second-order valence-corrected chi connectivity index (χ2v) is 9.88. The zero-order valence-electron chi connectivity index (χ0n) is 16.4.